The molecule has 1 aromatic carbocycles. The fourth-order valence-electron chi connectivity index (χ4n) is 3.01. The predicted octanol–water partition coefficient (Wildman–Crippen LogP) is 4.32. The Morgan fingerprint density at radius 3 is 2.79 bits per heavy atom. The maximum absolute atomic E-state index is 5.28. The van der Waals surface area contributed by atoms with Crippen LogP contribution in [0.25, 0.3) is 0 Å². The molecule has 0 heterocycles. The summed E-state index contributed by atoms with van der Waals surface area (Å²) in [4.78, 5) is 0. The molecule has 0 aliphatic heterocycles. The first-order valence-corrected chi connectivity index (χ1v) is 7.67. The molecule has 106 valence electrons. The Balaban J connectivity index is 1.75. The predicted molar refractivity (Wildman–Crippen MR) is 80.6 cm³/mol. The zero-order valence-electron chi connectivity index (χ0n) is 12.3. The lowest BCUT2D eigenvalue weighted by Gasteiger charge is -2.23. The standard InChI is InChI=1S/C17H27NO/c1-14(16-9-6-10-17(13-16)19-2)18-12-11-15-7-4-3-5-8-15/h6,9-10,13-15,18H,3-5,7-8,11-12H2,1-2H3/t14-/m0/s1. The van der Waals surface area contributed by atoms with Crippen LogP contribution in [0.4, 0.5) is 0 Å². The minimum Gasteiger partial charge on any atom is -0.497 e. The third-order valence-electron chi connectivity index (χ3n) is 4.32. The monoisotopic (exact) mass is 261 g/mol. The highest BCUT2D eigenvalue weighted by molar-refractivity contribution is 5.30. The van der Waals surface area contributed by atoms with Crippen LogP contribution in [-0.2, 0) is 0 Å². The van der Waals surface area contributed by atoms with Crippen molar-refractivity contribution in [3.05, 3.63) is 29.8 Å². The molecule has 1 aromatic rings. The lowest BCUT2D eigenvalue weighted by Crippen LogP contribution is -2.22. The molecule has 0 spiro atoms. The molecule has 1 saturated carbocycles. The number of hydrogen-bond donors (Lipinski definition) is 1. The summed E-state index contributed by atoms with van der Waals surface area (Å²) in [6.45, 7) is 3.36. The minimum atomic E-state index is 0.402. The smallest absolute Gasteiger partial charge is 0.119 e. The van der Waals surface area contributed by atoms with Gasteiger partial charge in [0.25, 0.3) is 0 Å². The number of methoxy groups -OCH3 is 1. The van der Waals surface area contributed by atoms with Gasteiger partial charge in [-0.1, -0.05) is 44.2 Å². The van der Waals surface area contributed by atoms with E-state index in [0.29, 0.717) is 6.04 Å². The van der Waals surface area contributed by atoms with Crippen molar-refractivity contribution in [1.82, 2.24) is 5.32 Å². The number of rotatable bonds is 6. The Bertz CT molecular complexity index is 371. The molecule has 1 N–H and O–H groups in total. The molecule has 2 rings (SSSR count). The Morgan fingerprint density at radius 1 is 1.26 bits per heavy atom. The van der Waals surface area contributed by atoms with E-state index in [9.17, 15) is 0 Å². The number of nitrogens with one attached hydrogen (secondary N) is 1. The van der Waals surface area contributed by atoms with Crippen molar-refractivity contribution in [3.63, 3.8) is 0 Å². The Hall–Kier alpha value is -1.02. The van der Waals surface area contributed by atoms with Gasteiger partial charge in [-0.25, -0.2) is 0 Å². The van der Waals surface area contributed by atoms with Gasteiger partial charge in [0.1, 0.15) is 5.75 Å². The van der Waals surface area contributed by atoms with Crippen molar-refractivity contribution in [2.75, 3.05) is 13.7 Å². The van der Waals surface area contributed by atoms with Gasteiger partial charge in [-0.15, -0.1) is 0 Å². The van der Waals surface area contributed by atoms with Crippen LogP contribution in [0, 0.1) is 5.92 Å². The van der Waals surface area contributed by atoms with Crippen molar-refractivity contribution in [3.8, 4) is 5.75 Å². The summed E-state index contributed by atoms with van der Waals surface area (Å²) in [5.41, 5.74) is 1.31. The van der Waals surface area contributed by atoms with Crippen LogP contribution >= 0.6 is 0 Å². The molecule has 0 amide bonds. The summed E-state index contributed by atoms with van der Waals surface area (Å²) in [5, 5.41) is 3.64. The number of benzene rings is 1. The molecule has 2 nitrogen and oxygen atoms in total. The van der Waals surface area contributed by atoms with Crippen molar-refractivity contribution in [2.45, 2.75) is 51.5 Å². The quantitative estimate of drug-likeness (QED) is 0.823. The topological polar surface area (TPSA) is 21.3 Å². The van der Waals surface area contributed by atoms with Crippen LogP contribution < -0.4 is 10.1 Å². The third-order valence-corrected chi connectivity index (χ3v) is 4.32. The van der Waals surface area contributed by atoms with Gasteiger partial charge in [0.15, 0.2) is 0 Å². The molecule has 19 heavy (non-hydrogen) atoms. The van der Waals surface area contributed by atoms with Gasteiger partial charge in [0, 0.05) is 6.04 Å². The van der Waals surface area contributed by atoms with Crippen LogP contribution in [0.15, 0.2) is 24.3 Å². The second-order valence-corrected chi connectivity index (χ2v) is 5.75. The summed E-state index contributed by atoms with van der Waals surface area (Å²) in [6, 6.07) is 8.75. The van der Waals surface area contributed by atoms with E-state index in [-0.39, 0.29) is 0 Å². The second-order valence-electron chi connectivity index (χ2n) is 5.75. The van der Waals surface area contributed by atoms with E-state index in [1.807, 2.05) is 6.07 Å². The molecule has 1 aliphatic rings. The van der Waals surface area contributed by atoms with E-state index in [0.717, 1.165) is 18.2 Å². The van der Waals surface area contributed by atoms with E-state index >= 15 is 0 Å². The van der Waals surface area contributed by atoms with E-state index < -0.39 is 0 Å². The Morgan fingerprint density at radius 2 is 2.05 bits per heavy atom. The highest BCUT2D eigenvalue weighted by Crippen LogP contribution is 2.26. The fourth-order valence-corrected chi connectivity index (χ4v) is 3.01. The summed E-state index contributed by atoms with van der Waals surface area (Å²) in [7, 11) is 1.72. The number of hydrogen-bond acceptors (Lipinski definition) is 2. The molecular formula is C17H27NO. The summed E-state index contributed by atoms with van der Waals surface area (Å²) >= 11 is 0. The maximum Gasteiger partial charge on any atom is 0.119 e. The zero-order chi connectivity index (χ0) is 13.5. The Labute approximate surface area is 117 Å². The van der Waals surface area contributed by atoms with Gasteiger partial charge >= 0.3 is 0 Å². The molecule has 1 aliphatic carbocycles. The molecule has 0 saturated heterocycles. The Kier molecular flexibility index (Phi) is 5.71. The maximum atomic E-state index is 5.28. The average Bonchev–Trinajstić information content (AvgIpc) is 2.48. The summed E-state index contributed by atoms with van der Waals surface area (Å²) in [6.07, 6.45) is 8.54. The van der Waals surface area contributed by atoms with Gasteiger partial charge in [-0.3, -0.25) is 0 Å². The van der Waals surface area contributed by atoms with Gasteiger partial charge in [-0.05, 0) is 43.5 Å². The molecule has 0 radical (unpaired) electrons. The first-order chi connectivity index (χ1) is 9.29. The zero-order valence-corrected chi connectivity index (χ0v) is 12.3. The van der Waals surface area contributed by atoms with Crippen LogP contribution in [0.3, 0.4) is 0 Å². The molecule has 1 atom stereocenters. The highest BCUT2D eigenvalue weighted by atomic mass is 16.5. The molecule has 2 heteroatoms. The van der Waals surface area contributed by atoms with E-state index in [1.54, 1.807) is 7.11 Å². The summed E-state index contributed by atoms with van der Waals surface area (Å²) in [5.74, 6) is 1.90. The molecule has 0 unspecified atom stereocenters. The second kappa shape index (κ2) is 7.54. The van der Waals surface area contributed by atoms with Gasteiger partial charge < -0.3 is 10.1 Å². The first-order valence-electron chi connectivity index (χ1n) is 7.67. The van der Waals surface area contributed by atoms with Gasteiger partial charge in [0.05, 0.1) is 7.11 Å². The van der Waals surface area contributed by atoms with E-state index in [2.05, 4.69) is 30.4 Å². The normalized spacial score (nSPS) is 18.2. The molecule has 0 aromatic heterocycles. The lowest BCUT2D eigenvalue weighted by molar-refractivity contribution is 0.329. The van der Waals surface area contributed by atoms with Crippen molar-refractivity contribution in [1.29, 1.82) is 0 Å². The largest absolute Gasteiger partial charge is 0.497 e. The van der Waals surface area contributed by atoms with E-state index in [4.69, 9.17) is 4.74 Å². The number of ether oxygens (including phenoxy) is 1. The van der Waals surface area contributed by atoms with Crippen LogP contribution in [0.1, 0.15) is 57.1 Å². The average molecular weight is 261 g/mol. The van der Waals surface area contributed by atoms with Crippen LogP contribution in [0.5, 0.6) is 5.75 Å². The highest BCUT2D eigenvalue weighted by Gasteiger charge is 2.13. The van der Waals surface area contributed by atoms with Crippen molar-refractivity contribution >= 4 is 0 Å². The fraction of sp³-hybridized carbons (Fsp3) is 0.647. The van der Waals surface area contributed by atoms with E-state index in [1.165, 1.54) is 44.1 Å². The van der Waals surface area contributed by atoms with Gasteiger partial charge in [0.2, 0.25) is 0 Å². The minimum absolute atomic E-state index is 0.402. The SMILES string of the molecule is COc1cccc([C@H](C)NCCC2CCCCC2)c1. The van der Waals surface area contributed by atoms with Crippen LogP contribution in [-0.4, -0.2) is 13.7 Å². The van der Waals surface area contributed by atoms with Crippen LogP contribution in [0.2, 0.25) is 0 Å². The lowest BCUT2D eigenvalue weighted by atomic mass is 9.87. The van der Waals surface area contributed by atoms with Crippen molar-refractivity contribution < 1.29 is 4.74 Å². The molecule has 0 bridgehead atoms. The summed E-state index contributed by atoms with van der Waals surface area (Å²) < 4.78 is 5.28. The molecule has 1 fully saturated rings. The molecular weight excluding hydrogens is 234 g/mol. The van der Waals surface area contributed by atoms with Gasteiger partial charge in [-0.2, -0.15) is 0 Å². The first kappa shape index (κ1) is 14.4. The third kappa shape index (κ3) is 4.54. The van der Waals surface area contributed by atoms with Crippen molar-refractivity contribution in [2.24, 2.45) is 5.92 Å².